The molecule has 2 heterocycles. The number of amides is 1. The van der Waals surface area contributed by atoms with Gasteiger partial charge in [0.25, 0.3) is 0 Å². The number of nitrogens with zero attached hydrogens (tertiary/aromatic N) is 3. The Balaban J connectivity index is 1.54. The summed E-state index contributed by atoms with van der Waals surface area (Å²) in [6.45, 7) is 4.17. The summed E-state index contributed by atoms with van der Waals surface area (Å²) in [5.41, 5.74) is 2.31. The number of likely N-dealkylation sites (tertiary alicyclic amines) is 1. The van der Waals surface area contributed by atoms with Crippen LogP contribution in [0.15, 0.2) is 36.5 Å². The lowest BCUT2D eigenvalue weighted by molar-refractivity contribution is -0.143. The second kappa shape index (κ2) is 8.14. The molecule has 1 amide bonds. The first-order chi connectivity index (χ1) is 12.5. The van der Waals surface area contributed by atoms with Crippen molar-refractivity contribution in [3.8, 4) is 0 Å². The van der Waals surface area contributed by atoms with E-state index < -0.39 is 5.97 Å². The van der Waals surface area contributed by atoms with Gasteiger partial charge in [0.2, 0.25) is 5.91 Å². The van der Waals surface area contributed by atoms with Crippen LogP contribution in [0.2, 0.25) is 0 Å². The van der Waals surface area contributed by atoms with Crippen LogP contribution in [0, 0.1) is 12.8 Å². The fourth-order valence-corrected chi connectivity index (χ4v) is 3.27. The number of aryl methyl sites for hydroxylation is 1. The molecule has 1 aliphatic rings. The summed E-state index contributed by atoms with van der Waals surface area (Å²) >= 11 is 0. The second-order valence-electron chi connectivity index (χ2n) is 6.80. The third kappa shape index (κ3) is 4.70. The van der Waals surface area contributed by atoms with E-state index in [1.165, 1.54) is 5.56 Å². The molecule has 0 unspecified atom stereocenters. The van der Waals surface area contributed by atoms with E-state index in [4.69, 9.17) is 5.11 Å². The molecule has 0 saturated carbocycles. The van der Waals surface area contributed by atoms with E-state index in [1.807, 2.05) is 30.0 Å². The van der Waals surface area contributed by atoms with Crippen LogP contribution >= 0.6 is 0 Å². The number of rotatable bonds is 6. The molecule has 0 radical (unpaired) electrons. The van der Waals surface area contributed by atoms with E-state index in [1.54, 1.807) is 16.9 Å². The number of aromatic nitrogens is 2. The normalized spacial score (nSPS) is 15.7. The molecule has 138 valence electrons. The molecule has 1 saturated heterocycles. The van der Waals surface area contributed by atoms with Crippen molar-refractivity contribution in [1.82, 2.24) is 14.7 Å². The van der Waals surface area contributed by atoms with Crippen LogP contribution in [0.1, 0.15) is 24.0 Å². The Kier molecular flexibility index (Phi) is 5.68. The summed E-state index contributed by atoms with van der Waals surface area (Å²) in [7, 11) is 0. The van der Waals surface area contributed by atoms with Gasteiger partial charge in [-0.1, -0.05) is 29.8 Å². The van der Waals surface area contributed by atoms with Crippen LogP contribution in [-0.2, 0) is 16.1 Å². The SMILES string of the molecule is Cc1cccc(Cn2nccc2NC(=O)CN2CCC(C(=O)O)CC2)c1. The fraction of sp³-hybridized carbons (Fsp3) is 0.421. The number of benzene rings is 1. The Morgan fingerprint density at radius 1 is 1.27 bits per heavy atom. The molecule has 26 heavy (non-hydrogen) atoms. The zero-order chi connectivity index (χ0) is 18.5. The van der Waals surface area contributed by atoms with Crippen molar-refractivity contribution in [2.75, 3.05) is 25.0 Å². The summed E-state index contributed by atoms with van der Waals surface area (Å²) in [5.74, 6) is -0.471. The van der Waals surface area contributed by atoms with Gasteiger partial charge in [-0.3, -0.25) is 14.5 Å². The predicted octanol–water partition coefficient (Wildman–Crippen LogP) is 1.97. The first-order valence-electron chi connectivity index (χ1n) is 8.83. The molecule has 1 aromatic heterocycles. The Morgan fingerprint density at radius 3 is 2.73 bits per heavy atom. The van der Waals surface area contributed by atoms with Gasteiger partial charge in [-0.15, -0.1) is 0 Å². The average molecular weight is 356 g/mol. The molecule has 0 aliphatic carbocycles. The van der Waals surface area contributed by atoms with Crippen molar-refractivity contribution in [3.63, 3.8) is 0 Å². The topological polar surface area (TPSA) is 87.5 Å². The zero-order valence-corrected chi connectivity index (χ0v) is 14.9. The molecule has 2 aromatic rings. The number of aliphatic carboxylic acids is 1. The third-order valence-corrected chi connectivity index (χ3v) is 4.70. The minimum atomic E-state index is -0.742. The van der Waals surface area contributed by atoms with E-state index in [9.17, 15) is 9.59 Å². The predicted molar refractivity (Wildman–Crippen MR) is 97.9 cm³/mol. The van der Waals surface area contributed by atoms with E-state index >= 15 is 0 Å². The molecule has 1 fully saturated rings. The lowest BCUT2D eigenvalue weighted by Gasteiger charge is -2.29. The van der Waals surface area contributed by atoms with E-state index in [0.717, 1.165) is 5.56 Å². The highest BCUT2D eigenvalue weighted by molar-refractivity contribution is 5.91. The first kappa shape index (κ1) is 18.1. The van der Waals surface area contributed by atoms with Gasteiger partial charge >= 0.3 is 5.97 Å². The van der Waals surface area contributed by atoms with Crippen LogP contribution in [-0.4, -0.2) is 51.3 Å². The minimum Gasteiger partial charge on any atom is -0.481 e. The first-order valence-corrected chi connectivity index (χ1v) is 8.83. The Labute approximate surface area is 152 Å². The lowest BCUT2D eigenvalue weighted by Crippen LogP contribution is -2.40. The quantitative estimate of drug-likeness (QED) is 0.826. The monoisotopic (exact) mass is 356 g/mol. The fourth-order valence-electron chi connectivity index (χ4n) is 3.27. The number of anilines is 1. The molecule has 0 spiro atoms. The molecule has 0 bridgehead atoms. The van der Waals surface area contributed by atoms with Gasteiger partial charge in [0.15, 0.2) is 0 Å². The van der Waals surface area contributed by atoms with Crippen molar-refractivity contribution in [1.29, 1.82) is 0 Å². The number of carbonyl (C=O) groups is 2. The summed E-state index contributed by atoms with van der Waals surface area (Å²) < 4.78 is 1.77. The van der Waals surface area contributed by atoms with Crippen LogP contribution < -0.4 is 5.32 Å². The number of piperidine rings is 1. The van der Waals surface area contributed by atoms with Gasteiger partial charge in [0, 0.05) is 6.07 Å². The van der Waals surface area contributed by atoms with Gasteiger partial charge in [-0.25, -0.2) is 4.68 Å². The molecule has 7 nitrogen and oxygen atoms in total. The van der Waals surface area contributed by atoms with Gasteiger partial charge < -0.3 is 10.4 Å². The maximum Gasteiger partial charge on any atom is 0.306 e. The van der Waals surface area contributed by atoms with Crippen LogP contribution in [0.5, 0.6) is 0 Å². The summed E-state index contributed by atoms with van der Waals surface area (Å²) in [6.07, 6.45) is 2.85. The van der Waals surface area contributed by atoms with Crippen molar-refractivity contribution >= 4 is 17.7 Å². The Morgan fingerprint density at radius 2 is 2.04 bits per heavy atom. The van der Waals surface area contributed by atoms with Gasteiger partial charge in [-0.05, 0) is 38.4 Å². The van der Waals surface area contributed by atoms with Gasteiger partial charge in [-0.2, -0.15) is 5.10 Å². The molecule has 2 N–H and O–H groups in total. The lowest BCUT2D eigenvalue weighted by atomic mass is 9.97. The van der Waals surface area contributed by atoms with Crippen molar-refractivity contribution < 1.29 is 14.7 Å². The standard InChI is InChI=1S/C19H24N4O3/c1-14-3-2-4-15(11-14)12-23-17(5-8-20-23)21-18(24)13-22-9-6-16(7-10-22)19(25)26/h2-5,8,11,16H,6-7,9-10,12-13H2,1H3,(H,21,24)(H,25,26). The Hall–Kier alpha value is -2.67. The zero-order valence-electron chi connectivity index (χ0n) is 14.9. The van der Waals surface area contributed by atoms with Crippen LogP contribution in [0.3, 0.4) is 0 Å². The highest BCUT2D eigenvalue weighted by Gasteiger charge is 2.25. The third-order valence-electron chi connectivity index (χ3n) is 4.70. The molecule has 0 atom stereocenters. The molecular formula is C19H24N4O3. The highest BCUT2D eigenvalue weighted by Crippen LogP contribution is 2.17. The number of carboxylic acids is 1. The highest BCUT2D eigenvalue weighted by atomic mass is 16.4. The van der Waals surface area contributed by atoms with Crippen molar-refractivity contribution in [3.05, 3.63) is 47.7 Å². The molecule has 1 aromatic carbocycles. The van der Waals surface area contributed by atoms with Crippen molar-refractivity contribution in [2.45, 2.75) is 26.3 Å². The van der Waals surface area contributed by atoms with Crippen molar-refractivity contribution in [2.24, 2.45) is 5.92 Å². The number of carboxylic acid groups (broad SMARTS) is 1. The number of hydrogen-bond acceptors (Lipinski definition) is 4. The summed E-state index contributed by atoms with van der Waals surface area (Å²) in [4.78, 5) is 25.3. The molecule has 1 aliphatic heterocycles. The summed E-state index contributed by atoms with van der Waals surface area (Å²) in [6, 6.07) is 9.97. The molecule has 3 rings (SSSR count). The van der Waals surface area contributed by atoms with Gasteiger partial charge in [0.05, 0.1) is 25.2 Å². The maximum absolute atomic E-state index is 12.3. The van der Waals surface area contributed by atoms with E-state index in [2.05, 4.69) is 16.5 Å². The van der Waals surface area contributed by atoms with Crippen LogP contribution in [0.25, 0.3) is 0 Å². The number of hydrogen-bond donors (Lipinski definition) is 2. The minimum absolute atomic E-state index is 0.107. The largest absolute Gasteiger partial charge is 0.481 e. The molecular weight excluding hydrogens is 332 g/mol. The number of nitrogens with one attached hydrogen (secondary N) is 1. The summed E-state index contributed by atoms with van der Waals surface area (Å²) in [5, 5.41) is 16.2. The smallest absolute Gasteiger partial charge is 0.306 e. The number of carbonyl (C=O) groups excluding carboxylic acids is 1. The second-order valence-corrected chi connectivity index (χ2v) is 6.80. The van der Waals surface area contributed by atoms with Gasteiger partial charge in [0.1, 0.15) is 5.82 Å². The Bertz CT molecular complexity index is 779. The van der Waals surface area contributed by atoms with E-state index in [0.29, 0.717) is 38.3 Å². The van der Waals surface area contributed by atoms with Crippen LogP contribution in [0.4, 0.5) is 5.82 Å². The molecule has 7 heteroatoms. The van der Waals surface area contributed by atoms with E-state index in [-0.39, 0.29) is 18.4 Å². The maximum atomic E-state index is 12.3. The average Bonchev–Trinajstić information content (AvgIpc) is 3.02.